The van der Waals surface area contributed by atoms with Gasteiger partial charge in [0.05, 0.1) is 39.6 Å². The van der Waals surface area contributed by atoms with E-state index in [9.17, 15) is 4.79 Å². The number of benzene rings is 2. The monoisotopic (exact) mass is 402 g/mol. The quantitative estimate of drug-likeness (QED) is 0.803. The number of hydrogen-bond donors (Lipinski definition) is 2. The van der Waals surface area contributed by atoms with E-state index in [-0.39, 0.29) is 6.03 Å². The summed E-state index contributed by atoms with van der Waals surface area (Å²) in [6.45, 7) is 3.64. The molecule has 0 aliphatic carbocycles. The molecule has 156 valence electrons. The number of amides is 2. The first-order chi connectivity index (χ1) is 14.3. The highest BCUT2D eigenvalue weighted by molar-refractivity contribution is 5.99. The second kappa shape index (κ2) is 11.9. The van der Waals surface area contributed by atoms with Gasteiger partial charge in [-0.15, -0.1) is 0 Å². The van der Waals surface area contributed by atoms with Crippen LogP contribution < -0.4 is 20.1 Å². The van der Waals surface area contributed by atoms with Crippen LogP contribution in [0.15, 0.2) is 48.5 Å². The lowest BCUT2D eigenvalue weighted by molar-refractivity contribution is 0.00708. The van der Waals surface area contributed by atoms with E-state index in [1.165, 1.54) is 0 Å². The minimum Gasteiger partial charge on any atom is -0.487 e. The van der Waals surface area contributed by atoms with Crippen molar-refractivity contribution in [3.05, 3.63) is 48.5 Å². The second-order valence-corrected chi connectivity index (χ2v) is 6.14. The first kappa shape index (κ1) is 20.9. The predicted octanol–water partition coefficient (Wildman–Crippen LogP) is 3.15. The Hall–Kier alpha value is -2.81. The van der Waals surface area contributed by atoms with Crippen molar-refractivity contribution in [3.8, 4) is 11.5 Å². The van der Waals surface area contributed by atoms with E-state index in [1.807, 2.05) is 30.3 Å². The van der Waals surface area contributed by atoms with Gasteiger partial charge in [-0.2, -0.15) is 0 Å². The van der Waals surface area contributed by atoms with Crippen LogP contribution in [0.25, 0.3) is 0 Å². The topological polar surface area (TPSA) is 87.3 Å². The van der Waals surface area contributed by atoms with Gasteiger partial charge in [0, 0.05) is 17.4 Å². The first-order valence-corrected chi connectivity index (χ1v) is 9.57. The largest absolute Gasteiger partial charge is 0.487 e. The molecule has 1 aliphatic rings. The van der Waals surface area contributed by atoms with Gasteiger partial charge in [0.15, 0.2) is 11.5 Å². The molecule has 0 saturated heterocycles. The van der Waals surface area contributed by atoms with Crippen LogP contribution in [0.1, 0.15) is 0 Å². The molecule has 0 spiro atoms. The van der Waals surface area contributed by atoms with Crippen LogP contribution in [0.5, 0.6) is 11.5 Å². The molecule has 2 N–H and O–H groups in total. The van der Waals surface area contributed by atoms with Crippen molar-refractivity contribution < 1.29 is 28.5 Å². The molecule has 3 rings (SSSR count). The molecule has 1 aliphatic heterocycles. The van der Waals surface area contributed by atoms with Crippen LogP contribution in [0.4, 0.5) is 16.2 Å². The van der Waals surface area contributed by atoms with Crippen LogP contribution in [-0.4, -0.2) is 58.9 Å². The maximum Gasteiger partial charge on any atom is 0.323 e. The molecule has 2 aromatic carbocycles. The van der Waals surface area contributed by atoms with Crippen LogP contribution >= 0.6 is 0 Å². The van der Waals surface area contributed by atoms with Gasteiger partial charge in [0.2, 0.25) is 0 Å². The summed E-state index contributed by atoms with van der Waals surface area (Å²) < 4.78 is 27.9. The van der Waals surface area contributed by atoms with E-state index in [2.05, 4.69) is 10.6 Å². The number of urea groups is 1. The van der Waals surface area contributed by atoms with Gasteiger partial charge in [-0.05, 0) is 24.3 Å². The lowest BCUT2D eigenvalue weighted by Gasteiger charge is -2.15. The third-order valence-corrected chi connectivity index (χ3v) is 3.95. The normalized spacial score (nSPS) is 16.1. The fourth-order valence-corrected chi connectivity index (χ4v) is 2.60. The summed E-state index contributed by atoms with van der Waals surface area (Å²) in [5, 5.41) is 5.57. The van der Waals surface area contributed by atoms with Gasteiger partial charge in [-0.25, -0.2) is 4.79 Å². The smallest absolute Gasteiger partial charge is 0.323 e. The number of rotatable bonds is 2. The van der Waals surface area contributed by atoms with Crippen LogP contribution in [0.3, 0.4) is 0 Å². The molecular weight excluding hydrogens is 376 g/mol. The zero-order chi connectivity index (χ0) is 20.2. The summed E-state index contributed by atoms with van der Waals surface area (Å²) in [6.07, 6.45) is 0. The summed E-state index contributed by atoms with van der Waals surface area (Å²) in [6, 6.07) is 14.1. The van der Waals surface area contributed by atoms with Crippen molar-refractivity contribution >= 4 is 17.4 Å². The Morgan fingerprint density at radius 2 is 1.17 bits per heavy atom. The van der Waals surface area contributed by atoms with E-state index >= 15 is 0 Å². The van der Waals surface area contributed by atoms with Crippen molar-refractivity contribution in [2.24, 2.45) is 0 Å². The highest BCUT2D eigenvalue weighted by Gasteiger charge is 2.10. The SMILES string of the molecule is O=C(Nc1ccccc1)Nc1ccc2c(c1)OCCOCCOCCOCCO2. The Balaban J connectivity index is 1.61. The van der Waals surface area contributed by atoms with E-state index in [0.29, 0.717) is 75.7 Å². The zero-order valence-electron chi connectivity index (χ0n) is 16.2. The Kier molecular flexibility index (Phi) is 8.58. The Morgan fingerprint density at radius 3 is 1.83 bits per heavy atom. The molecule has 0 saturated carbocycles. The zero-order valence-corrected chi connectivity index (χ0v) is 16.2. The summed E-state index contributed by atoms with van der Waals surface area (Å²) in [7, 11) is 0. The van der Waals surface area contributed by atoms with Gasteiger partial charge in [-0.1, -0.05) is 18.2 Å². The summed E-state index contributed by atoms with van der Waals surface area (Å²) in [5.41, 5.74) is 1.30. The number of carbonyl (C=O) groups excluding carboxylic acids is 1. The lowest BCUT2D eigenvalue weighted by atomic mass is 10.2. The van der Waals surface area contributed by atoms with Gasteiger partial charge in [-0.3, -0.25) is 0 Å². The maximum atomic E-state index is 12.2. The van der Waals surface area contributed by atoms with E-state index in [0.717, 1.165) is 0 Å². The van der Waals surface area contributed by atoms with Gasteiger partial charge in [0.1, 0.15) is 13.2 Å². The lowest BCUT2D eigenvalue weighted by Crippen LogP contribution is -2.19. The highest BCUT2D eigenvalue weighted by atomic mass is 16.6. The molecule has 29 heavy (non-hydrogen) atoms. The first-order valence-electron chi connectivity index (χ1n) is 9.57. The average molecular weight is 402 g/mol. The van der Waals surface area contributed by atoms with Crippen LogP contribution in [0, 0.1) is 0 Å². The third kappa shape index (κ3) is 7.61. The maximum absolute atomic E-state index is 12.2. The Labute approximate surface area is 170 Å². The number of hydrogen-bond acceptors (Lipinski definition) is 6. The van der Waals surface area contributed by atoms with Gasteiger partial charge >= 0.3 is 6.03 Å². The fraction of sp³-hybridized carbons (Fsp3) is 0.381. The molecule has 8 nitrogen and oxygen atoms in total. The fourth-order valence-electron chi connectivity index (χ4n) is 2.60. The molecule has 1 heterocycles. The Morgan fingerprint density at radius 1 is 0.621 bits per heavy atom. The molecule has 0 radical (unpaired) electrons. The molecule has 0 bridgehead atoms. The van der Waals surface area contributed by atoms with Crippen molar-refractivity contribution in [3.63, 3.8) is 0 Å². The van der Waals surface area contributed by atoms with Gasteiger partial charge in [0.25, 0.3) is 0 Å². The number of nitrogens with one attached hydrogen (secondary N) is 2. The molecular formula is C21H26N2O6. The highest BCUT2D eigenvalue weighted by Crippen LogP contribution is 2.30. The van der Waals surface area contributed by atoms with Crippen molar-refractivity contribution in [1.82, 2.24) is 0 Å². The molecule has 0 unspecified atom stereocenters. The molecule has 0 aromatic heterocycles. The van der Waals surface area contributed by atoms with Crippen LogP contribution in [-0.2, 0) is 14.2 Å². The van der Waals surface area contributed by atoms with Gasteiger partial charge < -0.3 is 34.3 Å². The van der Waals surface area contributed by atoms with Crippen molar-refractivity contribution in [1.29, 1.82) is 0 Å². The number of ether oxygens (including phenoxy) is 5. The third-order valence-electron chi connectivity index (χ3n) is 3.95. The second-order valence-electron chi connectivity index (χ2n) is 6.14. The molecule has 0 fully saturated rings. The van der Waals surface area contributed by atoms with Crippen LogP contribution in [0.2, 0.25) is 0 Å². The number of carbonyl (C=O) groups is 1. The minimum atomic E-state index is -0.342. The predicted molar refractivity (Wildman–Crippen MR) is 109 cm³/mol. The average Bonchev–Trinajstić information content (AvgIpc) is 2.73. The Bertz CT molecular complexity index is 756. The van der Waals surface area contributed by atoms with E-state index in [4.69, 9.17) is 23.7 Å². The molecule has 2 aromatic rings. The standard InChI is InChI=1S/C21H26N2O6/c24-21(22-17-4-2-1-3-5-17)23-18-6-7-19-20(16-18)29-15-13-27-11-9-25-8-10-26-12-14-28-19/h1-7,16H,8-15H2,(H2,22,23,24). The van der Waals surface area contributed by atoms with E-state index in [1.54, 1.807) is 18.2 Å². The minimum absolute atomic E-state index is 0.342. The van der Waals surface area contributed by atoms with Crippen molar-refractivity contribution in [2.45, 2.75) is 0 Å². The number of para-hydroxylation sites is 1. The number of anilines is 2. The summed E-state index contributed by atoms with van der Waals surface area (Å²) in [4.78, 5) is 12.2. The molecule has 8 heteroatoms. The van der Waals surface area contributed by atoms with Crippen molar-refractivity contribution in [2.75, 3.05) is 63.5 Å². The molecule has 2 amide bonds. The summed E-state index contributed by atoms with van der Waals surface area (Å²) in [5.74, 6) is 1.10. The number of fused-ring (bicyclic) bond motifs is 1. The molecule has 0 atom stereocenters. The summed E-state index contributed by atoms with van der Waals surface area (Å²) >= 11 is 0. The van der Waals surface area contributed by atoms with E-state index < -0.39 is 0 Å².